The van der Waals surface area contributed by atoms with Gasteiger partial charge >= 0.3 is 12.4 Å². The molecule has 0 amide bonds. The second-order valence-corrected chi connectivity index (χ2v) is 11.3. The van der Waals surface area contributed by atoms with E-state index in [0.29, 0.717) is 9.79 Å². The van der Waals surface area contributed by atoms with E-state index in [4.69, 9.17) is 0 Å². The van der Waals surface area contributed by atoms with Gasteiger partial charge in [-0.3, -0.25) is 0 Å². The van der Waals surface area contributed by atoms with Crippen molar-refractivity contribution in [2.45, 2.75) is 27.0 Å². The van der Waals surface area contributed by atoms with Crippen molar-refractivity contribution < 1.29 is 26.3 Å². The van der Waals surface area contributed by atoms with Crippen LogP contribution in [0.1, 0.15) is 11.1 Å². The highest BCUT2D eigenvalue weighted by atomic mass is 79.9. The topological polar surface area (TPSA) is 0 Å². The minimum atomic E-state index is -4.47. The molecule has 0 radical (unpaired) electrons. The summed E-state index contributed by atoms with van der Waals surface area (Å²) in [5.41, 5.74) is -1.57. The minimum absolute atomic E-state index is 0.548. The summed E-state index contributed by atoms with van der Waals surface area (Å²) in [6.07, 6.45) is -8.94. The second-order valence-electron chi connectivity index (χ2n) is 5.89. The molecule has 3 rings (SSSR count). The SMILES string of the molecule is FC(F)(F)c1ccc(S(Br)(c2ccccc2)c2ccc(C(F)(F)F)cc2)cc1. The third kappa shape index (κ3) is 4.07. The maximum atomic E-state index is 12.9. The summed E-state index contributed by atoms with van der Waals surface area (Å²) in [6, 6.07) is 18.3. The number of halogens is 7. The Hall–Kier alpha value is -1.93. The van der Waals surface area contributed by atoms with E-state index in [1.165, 1.54) is 24.3 Å². The Labute approximate surface area is 166 Å². The quantitative estimate of drug-likeness (QED) is 0.332. The number of hydrogen-bond donors (Lipinski definition) is 0. The van der Waals surface area contributed by atoms with Gasteiger partial charge in [0.15, 0.2) is 0 Å². The molecule has 0 nitrogen and oxygen atoms in total. The number of alkyl halides is 6. The van der Waals surface area contributed by atoms with Gasteiger partial charge < -0.3 is 0 Å². The van der Waals surface area contributed by atoms with Crippen LogP contribution in [0, 0.1) is 0 Å². The van der Waals surface area contributed by atoms with E-state index in [9.17, 15) is 26.3 Å². The van der Waals surface area contributed by atoms with Crippen LogP contribution in [-0.2, 0) is 12.4 Å². The van der Waals surface area contributed by atoms with Gasteiger partial charge in [-0.25, -0.2) is 0 Å². The van der Waals surface area contributed by atoms with E-state index >= 15 is 0 Å². The van der Waals surface area contributed by atoms with Gasteiger partial charge in [-0.05, 0) is 75.5 Å². The van der Waals surface area contributed by atoms with E-state index < -0.39 is 31.9 Å². The van der Waals surface area contributed by atoms with E-state index in [1.54, 1.807) is 30.3 Å². The molecule has 0 fully saturated rings. The number of hydrogen-bond acceptors (Lipinski definition) is 0. The molecule has 148 valence electrons. The molecule has 0 aliphatic rings. The normalized spacial score (nSPS) is 13.4. The summed E-state index contributed by atoms with van der Waals surface area (Å²) in [4.78, 5) is 1.85. The largest absolute Gasteiger partial charge is 0.416 e. The average molecular weight is 479 g/mol. The fourth-order valence-corrected chi connectivity index (χ4v) is 6.99. The van der Waals surface area contributed by atoms with E-state index in [2.05, 4.69) is 14.8 Å². The van der Waals surface area contributed by atoms with E-state index in [1.807, 2.05) is 0 Å². The van der Waals surface area contributed by atoms with Crippen molar-refractivity contribution in [2.24, 2.45) is 0 Å². The van der Waals surface area contributed by atoms with Crippen molar-refractivity contribution in [1.29, 1.82) is 0 Å². The van der Waals surface area contributed by atoms with Crippen LogP contribution in [0.3, 0.4) is 0 Å². The first-order valence-corrected chi connectivity index (χ1v) is 11.4. The summed E-state index contributed by atoms with van der Waals surface area (Å²) in [7, 11) is -2.22. The van der Waals surface area contributed by atoms with Gasteiger partial charge in [0.1, 0.15) is 0 Å². The number of benzene rings is 3. The molecule has 3 aromatic rings. The fraction of sp³-hybridized carbons (Fsp3) is 0.100. The third-order valence-corrected chi connectivity index (χ3v) is 10.2. The monoisotopic (exact) mass is 478 g/mol. The van der Waals surface area contributed by atoms with Crippen LogP contribution in [0.15, 0.2) is 93.5 Å². The van der Waals surface area contributed by atoms with Gasteiger partial charge in [0.2, 0.25) is 0 Å². The molecule has 0 atom stereocenters. The summed E-state index contributed by atoms with van der Waals surface area (Å²) in [5.74, 6) is 0. The Morgan fingerprint density at radius 1 is 0.500 bits per heavy atom. The predicted molar refractivity (Wildman–Crippen MR) is 101 cm³/mol. The predicted octanol–water partition coefficient (Wildman–Crippen LogP) is 8.32. The molecule has 0 unspecified atom stereocenters. The van der Waals surface area contributed by atoms with Crippen LogP contribution in [0.5, 0.6) is 0 Å². The first-order chi connectivity index (χ1) is 13.0. The van der Waals surface area contributed by atoms with Crippen molar-refractivity contribution in [3.05, 3.63) is 90.0 Å². The standard InChI is InChI=1S/C20H13BrF6S/c21-28(16-4-2-1-3-5-16,17-10-6-14(7-11-17)19(22,23)24)18-12-8-15(9-13-18)20(25,26)27/h1-13H. The van der Waals surface area contributed by atoms with Gasteiger partial charge in [0, 0.05) is 14.7 Å². The zero-order chi connectivity index (χ0) is 20.6. The second kappa shape index (κ2) is 7.48. The molecular formula is C20H13BrF6S. The average Bonchev–Trinajstić information content (AvgIpc) is 2.67. The molecule has 0 aliphatic heterocycles. The van der Waals surface area contributed by atoms with E-state index in [-0.39, 0.29) is 0 Å². The molecule has 0 saturated heterocycles. The maximum Gasteiger partial charge on any atom is 0.416 e. The van der Waals surface area contributed by atoms with Crippen LogP contribution in [0.2, 0.25) is 0 Å². The van der Waals surface area contributed by atoms with Gasteiger partial charge in [0.25, 0.3) is 0 Å². The highest BCUT2D eigenvalue weighted by Crippen LogP contribution is 2.74. The minimum Gasteiger partial charge on any atom is -0.166 e. The van der Waals surface area contributed by atoms with Crippen molar-refractivity contribution in [2.75, 3.05) is 0 Å². The molecule has 0 N–H and O–H groups in total. The van der Waals surface area contributed by atoms with Crippen LogP contribution in [0.25, 0.3) is 0 Å². The highest BCUT2D eigenvalue weighted by molar-refractivity contribution is 9.58. The molecule has 0 heterocycles. The Morgan fingerprint density at radius 3 is 1.14 bits per heavy atom. The summed E-state index contributed by atoms with van der Waals surface area (Å²) in [6.45, 7) is 0. The van der Waals surface area contributed by atoms with Crippen LogP contribution < -0.4 is 0 Å². The molecule has 0 aromatic heterocycles. The Balaban J connectivity index is 2.14. The van der Waals surface area contributed by atoms with Crippen LogP contribution in [0.4, 0.5) is 26.3 Å². The molecule has 3 aromatic carbocycles. The van der Waals surface area contributed by atoms with Gasteiger partial charge in [0.05, 0.1) is 11.1 Å². The van der Waals surface area contributed by atoms with Crippen LogP contribution in [-0.4, -0.2) is 0 Å². The fourth-order valence-electron chi connectivity index (χ4n) is 2.68. The first-order valence-electron chi connectivity index (χ1n) is 7.95. The van der Waals surface area contributed by atoms with Gasteiger partial charge in [-0.15, -0.1) is 8.46 Å². The lowest BCUT2D eigenvalue weighted by Gasteiger charge is -2.35. The summed E-state index contributed by atoms with van der Waals surface area (Å²) in [5, 5.41) is 0. The number of rotatable bonds is 3. The van der Waals surface area contributed by atoms with Crippen molar-refractivity contribution in [3.63, 3.8) is 0 Å². The molecular weight excluding hydrogens is 466 g/mol. The van der Waals surface area contributed by atoms with Crippen molar-refractivity contribution in [3.8, 4) is 0 Å². The van der Waals surface area contributed by atoms with Crippen LogP contribution >= 0.6 is 23.3 Å². The van der Waals surface area contributed by atoms with E-state index in [0.717, 1.165) is 29.2 Å². The molecule has 8 heteroatoms. The van der Waals surface area contributed by atoms with Crippen molar-refractivity contribution in [1.82, 2.24) is 0 Å². The van der Waals surface area contributed by atoms with Gasteiger partial charge in [-0.2, -0.15) is 26.3 Å². The summed E-state index contributed by atoms with van der Waals surface area (Å²) >= 11 is 3.68. The van der Waals surface area contributed by atoms with Crippen molar-refractivity contribution >= 4 is 23.3 Å². The molecule has 28 heavy (non-hydrogen) atoms. The Morgan fingerprint density at radius 2 is 0.821 bits per heavy atom. The zero-order valence-corrected chi connectivity index (χ0v) is 16.5. The molecule has 0 saturated carbocycles. The molecule has 0 spiro atoms. The van der Waals surface area contributed by atoms with Gasteiger partial charge in [-0.1, -0.05) is 18.2 Å². The molecule has 0 bridgehead atoms. The lowest BCUT2D eigenvalue weighted by Crippen LogP contribution is -2.06. The Kier molecular flexibility index (Phi) is 5.55. The smallest absolute Gasteiger partial charge is 0.166 e. The highest BCUT2D eigenvalue weighted by Gasteiger charge is 2.34. The first kappa shape index (κ1) is 20.8. The lowest BCUT2D eigenvalue weighted by molar-refractivity contribution is -0.138. The summed E-state index contributed by atoms with van der Waals surface area (Å²) < 4.78 is 77.4. The Bertz CT molecular complexity index is 874. The third-order valence-electron chi connectivity index (χ3n) is 4.08. The molecule has 0 aliphatic carbocycles. The zero-order valence-electron chi connectivity index (χ0n) is 14.1. The lowest BCUT2D eigenvalue weighted by atomic mass is 10.2. The maximum absolute atomic E-state index is 12.9.